The number of amides is 1. The molecular formula is C17H24FN3O4S. The molecule has 0 aromatic heterocycles. The van der Waals surface area contributed by atoms with E-state index in [1.54, 1.807) is 17.6 Å². The van der Waals surface area contributed by atoms with Crippen molar-refractivity contribution in [1.29, 1.82) is 0 Å². The van der Waals surface area contributed by atoms with Crippen molar-refractivity contribution in [3.05, 3.63) is 35.6 Å². The van der Waals surface area contributed by atoms with Gasteiger partial charge in [-0.05, 0) is 49.3 Å². The largest absolute Gasteiger partial charge is 0.289 e. The van der Waals surface area contributed by atoms with Gasteiger partial charge in [-0.1, -0.05) is 18.6 Å². The molecule has 2 heterocycles. The fraction of sp³-hybridized carbons (Fsp3) is 0.588. The molecule has 7 nitrogen and oxygen atoms in total. The number of carbonyl (C=O) groups excluding carboxylic acids is 1. The van der Waals surface area contributed by atoms with Crippen molar-refractivity contribution in [2.24, 2.45) is 0 Å². The number of rotatable bonds is 4. The number of hydrogen-bond acceptors (Lipinski definition) is 4. The second kappa shape index (κ2) is 7.99. The number of hydroxylamine groups is 1. The Hall–Kier alpha value is -1.55. The molecule has 1 atom stereocenters. The van der Waals surface area contributed by atoms with Gasteiger partial charge >= 0.3 is 0 Å². The molecule has 9 heteroatoms. The van der Waals surface area contributed by atoms with E-state index >= 15 is 0 Å². The van der Waals surface area contributed by atoms with Crippen molar-refractivity contribution in [2.45, 2.75) is 44.1 Å². The molecule has 2 fully saturated rings. The molecule has 0 radical (unpaired) electrons. The molecule has 1 aromatic rings. The third-order valence-electron chi connectivity index (χ3n) is 5.28. The third-order valence-corrected chi connectivity index (χ3v) is 7.33. The maximum absolute atomic E-state index is 13.1. The van der Waals surface area contributed by atoms with E-state index in [2.05, 4.69) is 0 Å². The lowest BCUT2D eigenvalue weighted by atomic mass is 9.90. The first-order valence-electron chi connectivity index (χ1n) is 8.90. The fourth-order valence-electron chi connectivity index (χ4n) is 3.82. The van der Waals surface area contributed by atoms with Crippen molar-refractivity contribution in [3.63, 3.8) is 0 Å². The number of carbonyl (C=O) groups is 1. The number of hydrogen-bond donors (Lipinski definition) is 2. The number of nitrogens with zero attached hydrogens (tertiary/aromatic N) is 2. The maximum Gasteiger partial charge on any atom is 0.282 e. The molecule has 0 saturated carbocycles. The van der Waals surface area contributed by atoms with E-state index < -0.39 is 22.2 Å². The average Bonchev–Trinajstić information content (AvgIpc) is 2.68. The molecule has 0 unspecified atom stereocenters. The molecule has 2 aliphatic heterocycles. The van der Waals surface area contributed by atoms with Crippen LogP contribution in [-0.4, -0.2) is 53.8 Å². The Balaban J connectivity index is 1.69. The molecule has 144 valence electrons. The van der Waals surface area contributed by atoms with Crippen molar-refractivity contribution in [1.82, 2.24) is 14.1 Å². The Labute approximate surface area is 152 Å². The first-order chi connectivity index (χ1) is 12.4. The summed E-state index contributed by atoms with van der Waals surface area (Å²) in [7, 11) is -3.77. The highest BCUT2D eigenvalue weighted by molar-refractivity contribution is 7.86. The summed E-state index contributed by atoms with van der Waals surface area (Å²) in [5, 5.41) is 8.90. The standard InChI is InChI=1S/C17H24FN3O4S/c18-15-6-4-13(5-7-15)14-8-11-20(12-9-14)26(24,25)21-10-2-1-3-16(21)17(22)19-23/h4-7,14,16,23H,1-3,8-12H2,(H,19,22)/t16-/m1/s1. The van der Waals surface area contributed by atoms with Gasteiger partial charge in [-0.2, -0.15) is 17.0 Å². The molecule has 1 aromatic carbocycles. The van der Waals surface area contributed by atoms with Crippen LogP contribution < -0.4 is 5.48 Å². The summed E-state index contributed by atoms with van der Waals surface area (Å²) in [6, 6.07) is 5.47. The van der Waals surface area contributed by atoms with Crippen molar-refractivity contribution >= 4 is 16.1 Å². The van der Waals surface area contributed by atoms with E-state index in [0.29, 0.717) is 38.8 Å². The van der Waals surface area contributed by atoms with Crippen LogP contribution in [0.15, 0.2) is 24.3 Å². The minimum absolute atomic E-state index is 0.194. The number of piperidine rings is 2. The molecule has 0 aliphatic carbocycles. The highest BCUT2D eigenvalue weighted by atomic mass is 32.2. The lowest BCUT2D eigenvalue weighted by Gasteiger charge is -2.39. The molecule has 2 saturated heterocycles. The van der Waals surface area contributed by atoms with E-state index in [4.69, 9.17) is 5.21 Å². The van der Waals surface area contributed by atoms with E-state index in [1.165, 1.54) is 20.7 Å². The van der Waals surface area contributed by atoms with E-state index in [1.807, 2.05) is 0 Å². The molecule has 1 amide bonds. The maximum atomic E-state index is 13.1. The Morgan fingerprint density at radius 2 is 1.73 bits per heavy atom. The SMILES string of the molecule is O=C(NO)[C@H]1CCCCN1S(=O)(=O)N1CCC(c2ccc(F)cc2)CC1. The lowest BCUT2D eigenvalue weighted by molar-refractivity contribution is -0.134. The molecular weight excluding hydrogens is 361 g/mol. The van der Waals surface area contributed by atoms with Crippen LogP contribution in [0, 0.1) is 5.82 Å². The molecule has 26 heavy (non-hydrogen) atoms. The topological polar surface area (TPSA) is 90.0 Å². The highest BCUT2D eigenvalue weighted by Gasteiger charge is 2.41. The van der Waals surface area contributed by atoms with Gasteiger partial charge in [-0.3, -0.25) is 10.0 Å². The highest BCUT2D eigenvalue weighted by Crippen LogP contribution is 2.31. The number of nitrogens with one attached hydrogen (secondary N) is 1. The minimum atomic E-state index is -3.77. The van der Waals surface area contributed by atoms with Crippen LogP contribution >= 0.6 is 0 Å². The normalized spacial score (nSPS) is 23.7. The zero-order chi connectivity index (χ0) is 18.7. The Morgan fingerprint density at radius 3 is 2.35 bits per heavy atom. The van der Waals surface area contributed by atoms with Gasteiger partial charge in [0, 0.05) is 19.6 Å². The van der Waals surface area contributed by atoms with Crippen molar-refractivity contribution in [3.8, 4) is 0 Å². The second-order valence-corrected chi connectivity index (χ2v) is 8.71. The molecule has 0 bridgehead atoms. The van der Waals surface area contributed by atoms with Crippen LogP contribution in [0.3, 0.4) is 0 Å². The summed E-state index contributed by atoms with van der Waals surface area (Å²) >= 11 is 0. The number of halogens is 1. The van der Waals surface area contributed by atoms with Crippen LogP contribution in [-0.2, 0) is 15.0 Å². The molecule has 2 N–H and O–H groups in total. The summed E-state index contributed by atoms with van der Waals surface area (Å²) in [5.74, 6) is -0.776. The van der Waals surface area contributed by atoms with Crippen LogP contribution in [0.1, 0.15) is 43.6 Å². The van der Waals surface area contributed by atoms with Gasteiger partial charge in [0.2, 0.25) is 0 Å². The first-order valence-corrected chi connectivity index (χ1v) is 10.3. The van der Waals surface area contributed by atoms with Gasteiger partial charge in [0.1, 0.15) is 11.9 Å². The van der Waals surface area contributed by atoms with Gasteiger partial charge in [-0.15, -0.1) is 0 Å². The Bertz CT molecular complexity index is 733. The fourth-order valence-corrected chi connectivity index (χ4v) is 5.67. The zero-order valence-corrected chi connectivity index (χ0v) is 15.3. The summed E-state index contributed by atoms with van der Waals surface area (Å²) in [4.78, 5) is 11.9. The zero-order valence-electron chi connectivity index (χ0n) is 14.5. The quantitative estimate of drug-likeness (QED) is 0.609. The third kappa shape index (κ3) is 3.90. The molecule has 0 spiro atoms. The van der Waals surface area contributed by atoms with Gasteiger partial charge in [0.25, 0.3) is 16.1 Å². The summed E-state index contributed by atoms with van der Waals surface area (Å²) in [6.45, 7) is 0.987. The summed E-state index contributed by atoms with van der Waals surface area (Å²) in [5.41, 5.74) is 2.59. The predicted octanol–water partition coefficient (Wildman–Crippen LogP) is 1.61. The summed E-state index contributed by atoms with van der Waals surface area (Å²) in [6.07, 6.45) is 3.14. The van der Waals surface area contributed by atoms with Crippen LogP contribution in [0.25, 0.3) is 0 Å². The Kier molecular flexibility index (Phi) is 5.91. The van der Waals surface area contributed by atoms with Crippen LogP contribution in [0.5, 0.6) is 0 Å². The van der Waals surface area contributed by atoms with E-state index in [9.17, 15) is 17.6 Å². The van der Waals surface area contributed by atoms with Crippen molar-refractivity contribution < 1.29 is 22.8 Å². The Morgan fingerprint density at radius 1 is 1.08 bits per heavy atom. The average molecular weight is 385 g/mol. The van der Waals surface area contributed by atoms with Crippen molar-refractivity contribution in [2.75, 3.05) is 19.6 Å². The predicted molar refractivity (Wildman–Crippen MR) is 93.1 cm³/mol. The number of benzene rings is 1. The second-order valence-electron chi connectivity index (χ2n) is 6.83. The van der Waals surface area contributed by atoms with Gasteiger partial charge in [0.05, 0.1) is 0 Å². The first kappa shape index (κ1) is 19.2. The van der Waals surface area contributed by atoms with E-state index in [0.717, 1.165) is 12.0 Å². The van der Waals surface area contributed by atoms with Gasteiger partial charge in [-0.25, -0.2) is 9.87 Å². The van der Waals surface area contributed by atoms with E-state index in [-0.39, 0.29) is 18.3 Å². The smallest absolute Gasteiger partial charge is 0.282 e. The summed E-state index contributed by atoms with van der Waals surface area (Å²) < 4.78 is 41.7. The lowest BCUT2D eigenvalue weighted by Crippen LogP contribution is -2.56. The molecule has 2 aliphatic rings. The van der Waals surface area contributed by atoms with Crippen LogP contribution in [0.2, 0.25) is 0 Å². The monoisotopic (exact) mass is 385 g/mol. The van der Waals surface area contributed by atoms with Crippen LogP contribution in [0.4, 0.5) is 4.39 Å². The minimum Gasteiger partial charge on any atom is -0.289 e. The van der Waals surface area contributed by atoms with Gasteiger partial charge in [0.15, 0.2) is 0 Å². The molecule has 3 rings (SSSR count). The van der Waals surface area contributed by atoms with Gasteiger partial charge < -0.3 is 0 Å².